The molecule has 0 aromatic heterocycles. The smallest absolute Gasteiger partial charge is 0.198 e. The SMILES string of the molecule is CN=C(NCc1ccc(F)c(COC)c1)N1CCc2ccccc21. The minimum atomic E-state index is -0.238. The van der Waals surface area contributed by atoms with Gasteiger partial charge in [-0.1, -0.05) is 24.3 Å². The van der Waals surface area contributed by atoms with E-state index in [0.717, 1.165) is 24.5 Å². The molecule has 0 radical (unpaired) electrons. The van der Waals surface area contributed by atoms with Gasteiger partial charge in [0, 0.05) is 38.5 Å². The van der Waals surface area contributed by atoms with Gasteiger partial charge in [0.25, 0.3) is 0 Å². The van der Waals surface area contributed by atoms with Crippen molar-refractivity contribution < 1.29 is 9.13 Å². The van der Waals surface area contributed by atoms with Crippen LogP contribution >= 0.6 is 0 Å². The molecule has 0 fully saturated rings. The lowest BCUT2D eigenvalue weighted by Crippen LogP contribution is -2.40. The Bertz CT molecular complexity index is 745. The number of hydrogen-bond donors (Lipinski definition) is 1. The van der Waals surface area contributed by atoms with Gasteiger partial charge < -0.3 is 15.0 Å². The Morgan fingerprint density at radius 2 is 2.12 bits per heavy atom. The predicted octanol–water partition coefficient (Wildman–Crippen LogP) is 3.11. The van der Waals surface area contributed by atoms with Crippen LogP contribution in [-0.4, -0.2) is 26.7 Å². The summed E-state index contributed by atoms with van der Waals surface area (Å²) in [7, 11) is 3.35. The number of hydrogen-bond acceptors (Lipinski definition) is 2. The molecule has 5 heteroatoms. The standard InChI is InChI=1S/C19H22FN3O/c1-21-19(23-10-9-15-5-3-4-6-18(15)23)22-12-14-7-8-17(20)16(11-14)13-24-2/h3-8,11H,9-10,12-13H2,1-2H3,(H,21,22). The van der Waals surface area contributed by atoms with Crippen molar-refractivity contribution in [3.05, 3.63) is 65.0 Å². The van der Waals surface area contributed by atoms with E-state index in [2.05, 4.69) is 33.4 Å². The Hall–Kier alpha value is -2.40. The summed E-state index contributed by atoms with van der Waals surface area (Å²) in [5, 5.41) is 3.37. The maximum Gasteiger partial charge on any atom is 0.198 e. The van der Waals surface area contributed by atoms with Gasteiger partial charge >= 0.3 is 0 Å². The highest BCUT2D eigenvalue weighted by Gasteiger charge is 2.22. The van der Waals surface area contributed by atoms with E-state index in [9.17, 15) is 4.39 Å². The van der Waals surface area contributed by atoms with Crippen molar-refractivity contribution in [1.29, 1.82) is 0 Å². The maximum atomic E-state index is 13.7. The lowest BCUT2D eigenvalue weighted by molar-refractivity contribution is 0.181. The third-order valence-corrected chi connectivity index (χ3v) is 4.22. The summed E-state index contributed by atoms with van der Waals surface area (Å²) in [5.41, 5.74) is 4.10. The van der Waals surface area contributed by atoms with Crippen molar-refractivity contribution in [2.45, 2.75) is 19.6 Å². The van der Waals surface area contributed by atoms with Crippen LogP contribution < -0.4 is 10.2 Å². The largest absolute Gasteiger partial charge is 0.380 e. The molecular formula is C19H22FN3O. The second-order valence-electron chi connectivity index (χ2n) is 5.79. The van der Waals surface area contributed by atoms with Crippen LogP contribution in [0.1, 0.15) is 16.7 Å². The molecule has 24 heavy (non-hydrogen) atoms. The number of rotatable bonds is 4. The lowest BCUT2D eigenvalue weighted by Gasteiger charge is -2.22. The Morgan fingerprint density at radius 3 is 2.92 bits per heavy atom. The normalized spacial score (nSPS) is 14.0. The second-order valence-corrected chi connectivity index (χ2v) is 5.79. The van der Waals surface area contributed by atoms with E-state index in [-0.39, 0.29) is 12.4 Å². The van der Waals surface area contributed by atoms with Crippen LogP contribution in [0, 0.1) is 5.82 Å². The van der Waals surface area contributed by atoms with Crippen LogP contribution in [0.3, 0.4) is 0 Å². The molecule has 4 nitrogen and oxygen atoms in total. The lowest BCUT2D eigenvalue weighted by atomic mass is 10.1. The molecule has 1 N–H and O–H groups in total. The molecule has 2 aromatic carbocycles. The Labute approximate surface area is 142 Å². The van der Waals surface area contributed by atoms with Crippen LogP contribution in [0.4, 0.5) is 10.1 Å². The van der Waals surface area contributed by atoms with E-state index in [1.165, 1.54) is 17.3 Å². The van der Waals surface area contributed by atoms with Gasteiger partial charge in [-0.2, -0.15) is 0 Å². The molecule has 3 rings (SSSR count). The van der Waals surface area contributed by atoms with Crippen molar-refractivity contribution in [3.63, 3.8) is 0 Å². The average Bonchev–Trinajstić information content (AvgIpc) is 3.03. The van der Waals surface area contributed by atoms with Gasteiger partial charge in [0.05, 0.1) is 6.61 Å². The molecule has 1 aliphatic heterocycles. The molecule has 0 unspecified atom stereocenters. The second kappa shape index (κ2) is 7.45. The van der Waals surface area contributed by atoms with Crippen molar-refractivity contribution in [1.82, 2.24) is 5.32 Å². The van der Waals surface area contributed by atoms with Crippen LogP contribution in [-0.2, 0) is 24.3 Å². The summed E-state index contributed by atoms with van der Waals surface area (Å²) in [4.78, 5) is 6.58. The van der Waals surface area contributed by atoms with Crippen molar-refractivity contribution >= 4 is 11.6 Å². The first-order valence-electron chi connectivity index (χ1n) is 8.05. The van der Waals surface area contributed by atoms with E-state index in [1.54, 1.807) is 20.2 Å². The molecule has 0 saturated carbocycles. The molecule has 0 aliphatic carbocycles. The molecule has 1 aliphatic rings. The topological polar surface area (TPSA) is 36.9 Å². The first-order chi connectivity index (χ1) is 11.7. The number of nitrogens with zero attached hydrogens (tertiary/aromatic N) is 2. The molecule has 0 spiro atoms. The molecule has 0 saturated heterocycles. The number of methoxy groups -OCH3 is 1. The Balaban J connectivity index is 1.71. The molecule has 1 heterocycles. The first-order valence-corrected chi connectivity index (χ1v) is 8.05. The van der Waals surface area contributed by atoms with Crippen molar-refractivity contribution in [2.75, 3.05) is 25.6 Å². The van der Waals surface area contributed by atoms with Crippen LogP contribution in [0.5, 0.6) is 0 Å². The van der Waals surface area contributed by atoms with E-state index in [0.29, 0.717) is 12.1 Å². The zero-order valence-electron chi connectivity index (χ0n) is 14.1. The Morgan fingerprint density at radius 1 is 1.29 bits per heavy atom. The highest BCUT2D eigenvalue weighted by atomic mass is 19.1. The highest BCUT2D eigenvalue weighted by Crippen LogP contribution is 2.27. The zero-order chi connectivity index (χ0) is 16.9. The van der Waals surface area contributed by atoms with Gasteiger partial charge in [0.15, 0.2) is 5.96 Å². The summed E-state index contributed by atoms with van der Waals surface area (Å²) in [6.45, 7) is 1.77. The number of halogens is 1. The van der Waals surface area contributed by atoms with Gasteiger partial charge in [-0.15, -0.1) is 0 Å². The summed E-state index contributed by atoms with van der Waals surface area (Å²) in [5.74, 6) is 0.594. The highest BCUT2D eigenvalue weighted by molar-refractivity contribution is 5.97. The monoisotopic (exact) mass is 327 g/mol. The van der Waals surface area contributed by atoms with Crippen LogP contribution in [0.25, 0.3) is 0 Å². The average molecular weight is 327 g/mol. The van der Waals surface area contributed by atoms with E-state index < -0.39 is 0 Å². The minimum Gasteiger partial charge on any atom is -0.380 e. The van der Waals surface area contributed by atoms with Gasteiger partial charge in [-0.25, -0.2) is 4.39 Å². The first kappa shape index (κ1) is 16.5. The summed E-state index contributed by atoms with van der Waals surface area (Å²) in [6.07, 6.45) is 1.02. The van der Waals surface area contributed by atoms with Gasteiger partial charge in [-0.3, -0.25) is 4.99 Å². The third kappa shape index (κ3) is 3.41. The Kier molecular flexibility index (Phi) is 5.11. The number of guanidine groups is 1. The quantitative estimate of drug-likeness (QED) is 0.692. The van der Waals surface area contributed by atoms with Crippen LogP contribution in [0.15, 0.2) is 47.5 Å². The van der Waals surface area contributed by atoms with Crippen molar-refractivity contribution in [2.24, 2.45) is 4.99 Å². The van der Waals surface area contributed by atoms with E-state index in [1.807, 2.05) is 12.1 Å². The van der Waals surface area contributed by atoms with E-state index >= 15 is 0 Å². The number of anilines is 1. The minimum absolute atomic E-state index is 0.238. The van der Waals surface area contributed by atoms with Gasteiger partial charge in [0.2, 0.25) is 0 Å². The molecule has 0 amide bonds. The number of ether oxygens (including phenoxy) is 1. The molecule has 2 aromatic rings. The summed E-state index contributed by atoms with van der Waals surface area (Å²) in [6, 6.07) is 13.5. The van der Waals surface area contributed by atoms with Gasteiger partial charge in [0.1, 0.15) is 5.82 Å². The van der Waals surface area contributed by atoms with E-state index in [4.69, 9.17) is 4.74 Å². The fourth-order valence-electron chi connectivity index (χ4n) is 3.04. The van der Waals surface area contributed by atoms with Crippen LogP contribution in [0.2, 0.25) is 0 Å². The predicted molar refractivity (Wildman–Crippen MR) is 94.8 cm³/mol. The molecular weight excluding hydrogens is 305 g/mol. The maximum absolute atomic E-state index is 13.7. The molecule has 0 atom stereocenters. The third-order valence-electron chi connectivity index (χ3n) is 4.22. The summed E-state index contributed by atoms with van der Waals surface area (Å²) < 4.78 is 18.7. The number of para-hydroxylation sites is 1. The number of aliphatic imine (C=N–C) groups is 1. The summed E-state index contributed by atoms with van der Waals surface area (Å²) >= 11 is 0. The number of fused-ring (bicyclic) bond motifs is 1. The molecule has 0 bridgehead atoms. The number of nitrogens with one attached hydrogen (secondary N) is 1. The zero-order valence-corrected chi connectivity index (χ0v) is 14.1. The fourth-order valence-corrected chi connectivity index (χ4v) is 3.04. The van der Waals surface area contributed by atoms with Crippen molar-refractivity contribution in [3.8, 4) is 0 Å². The van der Waals surface area contributed by atoms with Gasteiger partial charge in [-0.05, 0) is 35.7 Å². The number of benzene rings is 2. The fraction of sp³-hybridized carbons (Fsp3) is 0.316. The molecule has 126 valence electrons.